The molecule has 0 bridgehead atoms. The van der Waals surface area contributed by atoms with Crippen molar-refractivity contribution in [1.29, 1.82) is 0 Å². The van der Waals surface area contributed by atoms with E-state index in [9.17, 15) is 24.3 Å². The van der Waals surface area contributed by atoms with E-state index in [2.05, 4.69) is 19.2 Å². The molecule has 0 aliphatic carbocycles. The van der Waals surface area contributed by atoms with Gasteiger partial charge >= 0.3 is 5.97 Å². The molecule has 7 unspecified atom stereocenters. The van der Waals surface area contributed by atoms with Crippen molar-refractivity contribution in [3.63, 3.8) is 0 Å². The standard InChI is InChI=1S/C34H55N3O7/c1-9-23(4)31(36(6)29(38)18-22(2)3)28(43-7)20-30(39)37-17-13-16-27(37)32(44-8)24(5)33(40)35-21-26(34(41)42)19-25-14-11-10-12-15-25/h10-12,14-15,22-24,26-28,31-32H,9,13,16-21H2,1-8H3,(H,35,40)(H,41,42). The first-order chi connectivity index (χ1) is 20.9. The van der Waals surface area contributed by atoms with E-state index in [0.717, 1.165) is 18.4 Å². The third kappa shape index (κ3) is 10.3. The van der Waals surface area contributed by atoms with Gasteiger partial charge in [0, 0.05) is 40.8 Å². The molecule has 1 fully saturated rings. The van der Waals surface area contributed by atoms with E-state index in [1.165, 1.54) is 7.11 Å². The van der Waals surface area contributed by atoms with E-state index in [1.807, 2.05) is 44.2 Å². The second-order valence-electron chi connectivity index (χ2n) is 12.7. The number of nitrogens with zero attached hydrogens (tertiary/aromatic N) is 2. The molecule has 1 aliphatic heterocycles. The third-order valence-corrected chi connectivity index (χ3v) is 9.08. The Kier molecular flexibility index (Phi) is 15.3. The summed E-state index contributed by atoms with van der Waals surface area (Å²) in [5.74, 6) is -2.39. The molecule has 10 nitrogen and oxygen atoms in total. The maximum Gasteiger partial charge on any atom is 0.308 e. The number of hydrogen-bond acceptors (Lipinski definition) is 6. The summed E-state index contributed by atoms with van der Waals surface area (Å²) < 4.78 is 11.7. The van der Waals surface area contributed by atoms with Gasteiger partial charge in [-0.2, -0.15) is 0 Å². The Morgan fingerprint density at radius 2 is 1.70 bits per heavy atom. The number of likely N-dealkylation sites (tertiary alicyclic amines) is 1. The van der Waals surface area contributed by atoms with Gasteiger partial charge in [-0.3, -0.25) is 19.2 Å². The molecule has 7 atom stereocenters. The van der Waals surface area contributed by atoms with Gasteiger partial charge in [0.2, 0.25) is 17.7 Å². The normalized spacial score (nSPS) is 19.1. The SMILES string of the molecule is CCC(C)C(C(CC(=O)N1CCCC1C(OC)C(C)C(=O)NCC(Cc1ccccc1)C(=O)O)OC)N(C)C(=O)CC(C)C. The van der Waals surface area contributed by atoms with Gasteiger partial charge in [0.25, 0.3) is 0 Å². The smallest absolute Gasteiger partial charge is 0.308 e. The fraction of sp³-hybridized carbons (Fsp3) is 0.706. The van der Waals surface area contributed by atoms with Crippen molar-refractivity contribution in [2.45, 2.75) is 97.4 Å². The van der Waals surface area contributed by atoms with E-state index < -0.39 is 30.0 Å². The average Bonchev–Trinajstić information content (AvgIpc) is 3.48. The molecule has 0 spiro atoms. The first kappa shape index (κ1) is 37.2. The second kappa shape index (κ2) is 18.1. The monoisotopic (exact) mass is 617 g/mol. The zero-order valence-electron chi connectivity index (χ0n) is 28.0. The predicted octanol–water partition coefficient (Wildman–Crippen LogP) is 4.01. The highest BCUT2D eigenvalue weighted by atomic mass is 16.5. The zero-order valence-corrected chi connectivity index (χ0v) is 28.0. The van der Waals surface area contributed by atoms with Gasteiger partial charge in [-0.25, -0.2) is 0 Å². The highest BCUT2D eigenvalue weighted by molar-refractivity contribution is 5.81. The molecule has 2 rings (SSSR count). The van der Waals surface area contributed by atoms with Crippen LogP contribution < -0.4 is 5.32 Å². The minimum absolute atomic E-state index is 0.00723. The van der Waals surface area contributed by atoms with Crippen molar-refractivity contribution in [1.82, 2.24) is 15.1 Å². The lowest BCUT2D eigenvalue weighted by Crippen LogP contribution is -2.53. The highest BCUT2D eigenvalue weighted by Gasteiger charge is 2.42. The fourth-order valence-electron chi connectivity index (χ4n) is 6.35. The number of rotatable bonds is 18. The molecule has 248 valence electrons. The Morgan fingerprint density at radius 1 is 1.05 bits per heavy atom. The van der Waals surface area contributed by atoms with Gasteiger partial charge in [0.1, 0.15) is 0 Å². The highest BCUT2D eigenvalue weighted by Crippen LogP contribution is 2.29. The summed E-state index contributed by atoms with van der Waals surface area (Å²) in [4.78, 5) is 55.5. The molecule has 3 amide bonds. The molecule has 1 aromatic carbocycles. The first-order valence-electron chi connectivity index (χ1n) is 16.0. The van der Waals surface area contributed by atoms with E-state index >= 15 is 0 Å². The lowest BCUT2D eigenvalue weighted by molar-refractivity contribution is -0.146. The summed E-state index contributed by atoms with van der Waals surface area (Å²) in [7, 11) is 4.92. The van der Waals surface area contributed by atoms with Gasteiger partial charge in [0.15, 0.2) is 0 Å². The van der Waals surface area contributed by atoms with Gasteiger partial charge < -0.3 is 29.7 Å². The zero-order chi connectivity index (χ0) is 33.0. The molecule has 2 N–H and O–H groups in total. The van der Waals surface area contributed by atoms with E-state index in [0.29, 0.717) is 25.8 Å². The second-order valence-corrected chi connectivity index (χ2v) is 12.7. The quantitative estimate of drug-likeness (QED) is 0.255. The number of amides is 3. The maximum atomic E-state index is 13.8. The minimum atomic E-state index is -0.974. The molecule has 1 aromatic rings. The number of carbonyl (C=O) groups excluding carboxylic acids is 3. The number of ether oxygens (including phenoxy) is 2. The third-order valence-electron chi connectivity index (χ3n) is 9.08. The number of likely N-dealkylation sites (N-methyl/N-ethyl adjacent to an activating group) is 1. The number of carboxylic acids is 1. The van der Waals surface area contributed by atoms with Crippen molar-refractivity contribution >= 4 is 23.7 Å². The van der Waals surface area contributed by atoms with Crippen molar-refractivity contribution in [3.8, 4) is 0 Å². The largest absolute Gasteiger partial charge is 0.481 e. The molecule has 0 aromatic heterocycles. The number of carbonyl (C=O) groups is 4. The minimum Gasteiger partial charge on any atom is -0.481 e. The lowest BCUT2D eigenvalue weighted by Gasteiger charge is -2.39. The van der Waals surface area contributed by atoms with Crippen molar-refractivity contribution in [3.05, 3.63) is 35.9 Å². The number of carboxylic acid groups (broad SMARTS) is 1. The Labute approximate surface area is 263 Å². The van der Waals surface area contributed by atoms with Gasteiger partial charge in [-0.1, -0.05) is 71.4 Å². The van der Waals surface area contributed by atoms with Gasteiger partial charge in [0.05, 0.1) is 42.5 Å². The fourth-order valence-corrected chi connectivity index (χ4v) is 6.35. The lowest BCUT2D eigenvalue weighted by atomic mass is 9.90. The van der Waals surface area contributed by atoms with Crippen LogP contribution in [0.25, 0.3) is 0 Å². The Bertz CT molecular complexity index is 1070. The van der Waals surface area contributed by atoms with E-state index in [1.54, 1.807) is 30.9 Å². The van der Waals surface area contributed by atoms with Crippen LogP contribution in [0, 0.1) is 23.7 Å². The maximum absolute atomic E-state index is 13.8. The van der Waals surface area contributed by atoms with Gasteiger partial charge in [-0.05, 0) is 36.7 Å². The number of nitrogens with one attached hydrogen (secondary N) is 1. The van der Waals surface area contributed by atoms with Crippen molar-refractivity contribution in [2.75, 3.05) is 34.4 Å². The molecular weight excluding hydrogens is 562 g/mol. The number of hydrogen-bond donors (Lipinski definition) is 2. The molecular formula is C34H55N3O7. The molecule has 44 heavy (non-hydrogen) atoms. The summed E-state index contributed by atoms with van der Waals surface area (Å²) in [5, 5.41) is 12.6. The van der Waals surface area contributed by atoms with Crippen LogP contribution >= 0.6 is 0 Å². The van der Waals surface area contributed by atoms with Crippen molar-refractivity contribution in [2.24, 2.45) is 23.7 Å². The summed E-state index contributed by atoms with van der Waals surface area (Å²) in [6, 6.07) is 8.75. The van der Waals surface area contributed by atoms with Crippen LogP contribution in [0.2, 0.25) is 0 Å². The first-order valence-corrected chi connectivity index (χ1v) is 16.0. The molecule has 0 radical (unpaired) electrons. The van der Waals surface area contributed by atoms with Crippen LogP contribution in [0.15, 0.2) is 30.3 Å². The predicted molar refractivity (Wildman–Crippen MR) is 170 cm³/mol. The molecule has 1 aliphatic rings. The van der Waals surface area contributed by atoms with E-state index in [-0.39, 0.29) is 54.6 Å². The van der Waals surface area contributed by atoms with Crippen LogP contribution in [0.4, 0.5) is 0 Å². The van der Waals surface area contributed by atoms with E-state index in [4.69, 9.17) is 9.47 Å². The van der Waals surface area contributed by atoms with Crippen LogP contribution in [0.1, 0.15) is 72.3 Å². The molecule has 10 heteroatoms. The summed E-state index contributed by atoms with van der Waals surface area (Å²) >= 11 is 0. The number of methoxy groups -OCH3 is 2. The van der Waals surface area contributed by atoms with Crippen LogP contribution in [-0.2, 0) is 35.1 Å². The molecule has 1 heterocycles. The number of aliphatic carboxylic acids is 1. The molecule has 1 saturated heterocycles. The Balaban J connectivity index is 2.12. The average molecular weight is 618 g/mol. The summed E-state index contributed by atoms with van der Waals surface area (Å²) in [6.07, 6.45) is 2.08. The van der Waals surface area contributed by atoms with Crippen LogP contribution in [0.3, 0.4) is 0 Å². The topological polar surface area (TPSA) is 125 Å². The molecule has 0 saturated carbocycles. The van der Waals surface area contributed by atoms with Crippen LogP contribution in [0.5, 0.6) is 0 Å². The Hall–Kier alpha value is -2.98. The van der Waals surface area contributed by atoms with Gasteiger partial charge in [-0.15, -0.1) is 0 Å². The summed E-state index contributed by atoms with van der Waals surface area (Å²) in [5.41, 5.74) is 0.887. The number of benzene rings is 1. The Morgan fingerprint density at radius 3 is 2.25 bits per heavy atom. The summed E-state index contributed by atoms with van der Waals surface area (Å²) in [6.45, 7) is 10.5. The van der Waals surface area contributed by atoms with Crippen LogP contribution in [-0.4, -0.2) is 97.2 Å². The van der Waals surface area contributed by atoms with Crippen molar-refractivity contribution < 1.29 is 33.8 Å².